The number of hydrogen-bond donors (Lipinski definition) is 1. The van der Waals surface area contributed by atoms with Crippen LogP contribution in [0.1, 0.15) is 41.9 Å². The number of ether oxygens (including phenoxy) is 1. The van der Waals surface area contributed by atoms with Crippen LogP contribution in [0.15, 0.2) is 35.3 Å². The Morgan fingerprint density at radius 2 is 2.03 bits per heavy atom. The van der Waals surface area contributed by atoms with E-state index in [0.29, 0.717) is 29.7 Å². The van der Waals surface area contributed by atoms with Crippen molar-refractivity contribution in [3.05, 3.63) is 67.6 Å². The average molecular weight is 492 g/mol. The van der Waals surface area contributed by atoms with Crippen molar-refractivity contribution in [2.45, 2.75) is 44.2 Å². The number of carbonyl (C=O) groups excluding carboxylic acids is 1. The maximum absolute atomic E-state index is 13.9. The Kier molecular flexibility index (Phi) is 7.80. The van der Waals surface area contributed by atoms with Crippen molar-refractivity contribution in [1.82, 2.24) is 14.8 Å². The van der Waals surface area contributed by atoms with E-state index in [1.165, 1.54) is 0 Å². The standard InChI is InChI=1S/C25H31Cl2N3O3/c1-29-9-6-17(13-23(29)31)20-5-8-28-14-21(20)25(32)30(19-3-4-19)15-18-11-16(7-10-33-2)12-22(26)24(18)27/h6,9,11-13,19-21,28H,3-5,7-8,10,14-15H2,1-2H3/t20?,21-/m0/s1. The van der Waals surface area contributed by atoms with Gasteiger partial charge in [0.2, 0.25) is 5.91 Å². The molecule has 1 aromatic heterocycles. The second kappa shape index (κ2) is 10.6. The van der Waals surface area contributed by atoms with E-state index in [0.717, 1.165) is 48.9 Å². The number of aromatic nitrogens is 1. The number of rotatable bonds is 8. The van der Waals surface area contributed by atoms with Crippen molar-refractivity contribution in [3.63, 3.8) is 0 Å². The van der Waals surface area contributed by atoms with Gasteiger partial charge >= 0.3 is 0 Å². The van der Waals surface area contributed by atoms with Crippen molar-refractivity contribution >= 4 is 29.1 Å². The highest BCUT2D eigenvalue weighted by Gasteiger charge is 2.40. The molecule has 1 N–H and O–H groups in total. The zero-order valence-corrected chi connectivity index (χ0v) is 20.7. The Labute approximate surface area is 204 Å². The van der Waals surface area contributed by atoms with Crippen molar-refractivity contribution in [3.8, 4) is 0 Å². The number of piperidine rings is 1. The minimum Gasteiger partial charge on any atom is -0.384 e. The Morgan fingerprint density at radius 3 is 2.73 bits per heavy atom. The maximum atomic E-state index is 13.9. The van der Waals surface area contributed by atoms with Crippen LogP contribution in [0.3, 0.4) is 0 Å². The summed E-state index contributed by atoms with van der Waals surface area (Å²) >= 11 is 13.0. The molecule has 1 saturated carbocycles. The number of amides is 1. The zero-order chi connectivity index (χ0) is 23.5. The molecule has 6 nitrogen and oxygen atoms in total. The molecule has 1 unspecified atom stereocenters. The van der Waals surface area contributed by atoms with Gasteiger partial charge in [0.25, 0.3) is 5.56 Å². The number of carbonyl (C=O) groups is 1. The van der Waals surface area contributed by atoms with Crippen LogP contribution in [0.4, 0.5) is 0 Å². The molecule has 2 aromatic rings. The molecule has 2 atom stereocenters. The third-order valence-electron chi connectivity index (χ3n) is 6.73. The average Bonchev–Trinajstić information content (AvgIpc) is 3.65. The second-order valence-corrected chi connectivity index (χ2v) is 9.89. The molecule has 0 bridgehead atoms. The number of halogens is 2. The Hall–Kier alpha value is -1.86. The molecule has 2 aliphatic rings. The van der Waals surface area contributed by atoms with Gasteiger partial charge in [0, 0.05) is 45.6 Å². The van der Waals surface area contributed by atoms with Gasteiger partial charge in [-0.25, -0.2) is 0 Å². The van der Waals surface area contributed by atoms with Crippen molar-refractivity contribution in [2.75, 3.05) is 26.8 Å². The fourth-order valence-corrected chi connectivity index (χ4v) is 5.10. The van der Waals surface area contributed by atoms with E-state index in [1.54, 1.807) is 31.0 Å². The number of nitrogens with zero attached hydrogens (tertiary/aromatic N) is 2. The van der Waals surface area contributed by atoms with Gasteiger partial charge in [0.05, 0.1) is 22.6 Å². The monoisotopic (exact) mass is 491 g/mol. The van der Waals surface area contributed by atoms with E-state index in [-0.39, 0.29) is 29.3 Å². The third-order valence-corrected chi connectivity index (χ3v) is 7.57. The summed E-state index contributed by atoms with van der Waals surface area (Å²) in [4.78, 5) is 28.1. The molecule has 1 aliphatic heterocycles. The number of benzene rings is 1. The molecule has 4 rings (SSSR count). The van der Waals surface area contributed by atoms with E-state index < -0.39 is 0 Å². The van der Waals surface area contributed by atoms with E-state index in [4.69, 9.17) is 27.9 Å². The lowest BCUT2D eigenvalue weighted by atomic mass is 9.80. The first kappa shape index (κ1) is 24.3. The number of pyridine rings is 1. The van der Waals surface area contributed by atoms with Crippen LogP contribution in [0.2, 0.25) is 10.0 Å². The number of hydrogen-bond acceptors (Lipinski definition) is 4. The maximum Gasteiger partial charge on any atom is 0.250 e. The second-order valence-electron chi connectivity index (χ2n) is 9.11. The summed E-state index contributed by atoms with van der Waals surface area (Å²) < 4.78 is 6.76. The molecule has 1 saturated heterocycles. The van der Waals surface area contributed by atoms with Crippen LogP contribution in [0.5, 0.6) is 0 Å². The fourth-order valence-electron chi connectivity index (χ4n) is 4.67. The molecule has 2 fully saturated rings. The van der Waals surface area contributed by atoms with E-state index in [2.05, 4.69) is 5.32 Å². The van der Waals surface area contributed by atoms with E-state index in [9.17, 15) is 9.59 Å². The van der Waals surface area contributed by atoms with Crippen LogP contribution in [0, 0.1) is 5.92 Å². The minimum absolute atomic E-state index is 0.0148. The molecule has 2 heterocycles. The number of methoxy groups -OCH3 is 1. The summed E-state index contributed by atoms with van der Waals surface area (Å²) in [6.45, 7) is 2.46. The van der Waals surface area contributed by atoms with Gasteiger partial charge in [0.15, 0.2) is 0 Å². The lowest BCUT2D eigenvalue weighted by Crippen LogP contribution is -2.47. The summed E-state index contributed by atoms with van der Waals surface area (Å²) in [6.07, 6.45) is 5.33. The third kappa shape index (κ3) is 5.62. The van der Waals surface area contributed by atoms with Gasteiger partial charge in [-0.1, -0.05) is 29.3 Å². The Balaban J connectivity index is 1.60. The SMILES string of the molecule is COCCc1cc(Cl)c(Cl)c(CN(C(=O)[C@H]2CNCCC2c2ccn(C)c(=O)c2)C2CC2)c1. The molecule has 33 heavy (non-hydrogen) atoms. The molecular weight excluding hydrogens is 461 g/mol. The summed E-state index contributed by atoms with van der Waals surface area (Å²) in [6, 6.07) is 7.77. The van der Waals surface area contributed by atoms with Gasteiger partial charge < -0.3 is 19.5 Å². The Morgan fingerprint density at radius 1 is 1.24 bits per heavy atom. The van der Waals surface area contributed by atoms with Gasteiger partial charge in [-0.05, 0) is 67.0 Å². The largest absolute Gasteiger partial charge is 0.384 e. The van der Waals surface area contributed by atoms with Crippen molar-refractivity contribution in [2.24, 2.45) is 13.0 Å². The highest BCUT2D eigenvalue weighted by molar-refractivity contribution is 6.42. The summed E-state index contributed by atoms with van der Waals surface area (Å²) in [5.74, 6) is -0.0942. The molecular formula is C25H31Cl2N3O3. The molecule has 1 aromatic carbocycles. The first-order chi connectivity index (χ1) is 15.9. The fraction of sp³-hybridized carbons (Fsp3) is 0.520. The predicted octanol–water partition coefficient (Wildman–Crippen LogP) is 3.77. The van der Waals surface area contributed by atoms with Gasteiger partial charge in [-0.2, -0.15) is 0 Å². The van der Waals surface area contributed by atoms with E-state index >= 15 is 0 Å². The molecule has 178 valence electrons. The lowest BCUT2D eigenvalue weighted by Gasteiger charge is -2.36. The smallest absolute Gasteiger partial charge is 0.250 e. The quantitative estimate of drug-likeness (QED) is 0.610. The van der Waals surface area contributed by atoms with Crippen LogP contribution in [-0.4, -0.2) is 48.2 Å². The Bertz CT molecular complexity index is 1070. The van der Waals surface area contributed by atoms with Crippen LogP contribution in [0.25, 0.3) is 0 Å². The predicted molar refractivity (Wildman–Crippen MR) is 131 cm³/mol. The first-order valence-corrected chi connectivity index (χ1v) is 12.3. The van der Waals surface area contributed by atoms with Crippen LogP contribution >= 0.6 is 23.2 Å². The van der Waals surface area contributed by atoms with Crippen LogP contribution in [-0.2, 0) is 29.5 Å². The molecule has 0 spiro atoms. The highest BCUT2D eigenvalue weighted by atomic mass is 35.5. The number of aryl methyl sites for hydroxylation is 1. The summed E-state index contributed by atoms with van der Waals surface area (Å²) in [5.41, 5.74) is 2.80. The summed E-state index contributed by atoms with van der Waals surface area (Å²) in [5, 5.41) is 4.38. The van der Waals surface area contributed by atoms with E-state index in [1.807, 2.05) is 23.1 Å². The molecule has 1 amide bonds. The zero-order valence-electron chi connectivity index (χ0n) is 19.2. The molecule has 0 radical (unpaired) electrons. The lowest BCUT2D eigenvalue weighted by molar-refractivity contribution is -0.138. The molecule has 1 aliphatic carbocycles. The van der Waals surface area contributed by atoms with Gasteiger partial charge in [-0.15, -0.1) is 0 Å². The topological polar surface area (TPSA) is 63.6 Å². The number of nitrogens with one attached hydrogen (secondary N) is 1. The van der Waals surface area contributed by atoms with Gasteiger partial charge in [0.1, 0.15) is 0 Å². The minimum atomic E-state index is -0.225. The highest BCUT2D eigenvalue weighted by Crippen LogP contribution is 2.37. The molecule has 8 heteroatoms. The summed E-state index contributed by atoms with van der Waals surface area (Å²) in [7, 11) is 3.41. The van der Waals surface area contributed by atoms with Crippen molar-refractivity contribution in [1.29, 1.82) is 0 Å². The van der Waals surface area contributed by atoms with Crippen molar-refractivity contribution < 1.29 is 9.53 Å². The van der Waals surface area contributed by atoms with Gasteiger partial charge in [-0.3, -0.25) is 9.59 Å². The first-order valence-electron chi connectivity index (χ1n) is 11.5. The normalized spacial score (nSPS) is 20.6. The van der Waals surface area contributed by atoms with Crippen LogP contribution < -0.4 is 10.9 Å².